The molecule has 0 amide bonds. The summed E-state index contributed by atoms with van der Waals surface area (Å²) in [5, 5.41) is 0. The van der Waals surface area contributed by atoms with Crippen molar-refractivity contribution >= 4 is 11.9 Å². The topological polar surface area (TPSA) is 61.8 Å². The van der Waals surface area contributed by atoms with Crippen molar-refractivity contribution in [1.82, 2.24) is 0 Å². The lowest BCUT2D eigenvalue weighted by Crippen LogP contribution is -2.25. The summed E-state index contributed by atoms with van der Waals surface area (Å²) in [6.45, 7) is 3.63. The fourth-order valence-electron chi connectivity index (χ4n) is 1.60. The molecule has 0 fully saturated rings. The van der Waals surface area contributed by atoms with Crippen molar-refractivity contribution in [2.75, 3.05) is 13.2 Å². The molecule has 0 heterocycles. The Morgan fingerprint density at radius 1 is 1.10 bits per heavy atom. The molecule has 1 atom stereocenters. The minimum atomic E-state index is -0.466. The molecule has 5 nitrogen and oxygen atoms in total. The lowest BCUT2D eigenvalue weighted by Gasteiger charge is -2.16. The minimum Gasteiger partial charge on any atom is -0.462 e. The molecule has 1 rings (SSSR count). The van der Waals surface area contributed by atoms with E-state index in [9.17, 15) is 9.59 Å². The van der Waals surface area contributed by atoms with Gasteiger partial charge in [-0.15, -0.1) is 0 Å². The Kier molecular flexibility index (Phi) is 7.35. The zero-order valence-electron chi connectivity index (χ0n) is 11.8. The van der Waals surface area contributed by atoms with Gasteiger partial charge < -0.3 is 14.2 Å². The molecule has 0 radical (unpaired) electrons. The van der Waals surface area contributed by atoms with Gasteiger partial charge in [0.15, 0.2) is 0 Å². The number of carbonyl (C=O) groups excluding carboxylic acids is 2. The molecule has 0 aliphatic rings. The first kappa shape index (κ1) is 16.2. The predicted molar refractivity (Wildman–Crippen MR) is 72.9 cm³/mol. The van der Waals surface area contributed by atoms with Crippen LogP contribution in [0.5, 0.6) is 0 Å². The van der Waals surface area contributed by atoms with Crippen molar-refractivity contribution in [3.8, 4) is 0 Å². The van der Waals surface area contributed by atoms with E-state index in [-0.39, 0.29) is 6.61 Å². The SMILES string of the molecule is CC(=O)OCC(CCOCc1ccccc1)OC(C)=O. The van der Waals surface area contributed by atoms with Gasteiger partial charge in [0.25, 0.3) is 0 Å². The van der Waals surface area contributed by atoms with Crippen molar-refractivity contribution in [3.63, 3.8) is 0 Å². The molecule has 110 valence electrons. The maximum Gasteiger partial charge on any atom is 0.303 e. The van der Waals surface area contributed by atoms with Gasteiger partial charge >= 0.3 is 11.9 Å². The first-order valence-corrected chi connectivity index (χ1v) is 6.50. The van der Waals surface area contributed by atoms with Crippen molar-refractivity contribution in [1.29, 1.82) is 0 Å². The minimum absolute atomic E-state index is 0.0591. The van der Waals surface area contributed by atoms with E-state index >= 15 is 0 Å². The second-order valence-corrected chi connectivity index (χ2v) is 4.36. The first-order valence-electron chi connectivity index (χ1n) is 6.50. The van der Waals surface area contributed by atoms with E-state index in [0.29, 0.717) is 19.6 Å². The Hall–Kier alpha value is -1.88. The number of rotatable bonds is 8. The van der Waals surface area contributed by atoms with Gasteiger partial charge in [-0.2, -0.15) is 0 Å². The van der Waals surface area contributed by atoms with E-state index in [1.165, 1.54) is 13.8 Å². The van der Waals surface area contributed by atoms with Gasteiger partial charge in [-0.25, -0.2) is 0 Å². The molecule has 0 aliphatic heterocycles. The van der Waals surface area contributed by atoms with E-state index in [2.05, 4.69) is 0 Å². The average molecular weight is 280 g/mol. The molecular weight excluding hydrogens is 260 g/mol. The lowest BCUT2D eigenvalue weighted by molar-refractivity contribution is -0.157. The second-order valence-electron chi connectivity index (χ2n) is 4.36. The molecule has 0 spiro atoms. The van der Waals surface area contributed by atoms with Crippen LogP contribution in [0.25, 0.3) is 0 Å². The number of hydrogen-bond acceptors (Lipinski definition) is 5. The third-order valence-electron chi connectivity index (χ3n) is 2.50. The molecule has 0 N–H and O–H groups in total. The molecule has 20 heavy (non-hydrogen) atoms. The molecule has 0 saturated heterocycles. The van der Waals surface area contributed by atoms with Crippen LogP contribution in [0.1, 0.15) is 25.8 Å². The Morgan fingerprint density at radius 3 is 2.40 bits per heavy atom. The molecular formula is C15H20O5. The highest BCUT2D eigenvalue weighted by molar-refractivity contribution is 5.67. The highest BCUT2D eigenvalue weighted by atomic mass is 16.6. The van der Waals surface area contributed by atoms with Gasteiger partial charge in [-0.3, -0.25) is 9.59 Å². The summed E-state index contributed by atoms with van der Waals surface area (Å²) < 4.78 is 15.4. The van der Waals surface area contributed by atoms with E-state index in [0.717, 1.165) is 5.56 Å². The van der Waals surface area contributed by atoms with Crippen LogP contribution >= 0.6 is 0 Å². The van der Waals surface area contributed by atoms with Gasteiger partial charge in [0.2, 0.25) is 0 Å². The molecule has 0 bridgehead atoms. The summed E-state index contributed by atoms with van der Waals surface area (Å²) in [6, 6.07) is 9.78. The summed E-state index contributed by atoms with van der Waals surface area (Å²) in [6.07, 6.45) is 0.0202. The standard InChI is InChI=1S/C15H20O5/c1-12(16)19-11-15(20-13(2)17)8-9-18-10-14-6-4-3-5-7-14/h3-7,15H,8-11H2,1-2H3. The van der Waals surface area contributed by atoms with Gasteiger partial charge in [-0.05, 0) is 5.56 Å². The summed E-state index contributed by atoms with van der Waals surface area (Å²) in [4.78, 5) is 21.7. The fraction of sp³-hybridized carbons (Fsp3) is 0.467. The maximum absolute atomic E-state index is 10.9. The number of carbonyl (C=O) groups is 2. The van der Waals surface area contributed by atoms with Crippen molar-refractivity contribution in [2.45, 2.75) is 33.0 Å². The second kappa shape index (κ2) is 9.09. The molecule has 1 aromatic rings. The number of benzene rings is 1. The van der Waals surface area contributed by atoms with Crippen LogP contribution < -0.4 is 0 Å². The van der Waals surface area contributed by atoms with Gasteiger partial charge in [-0.1, -0.05) is 30.3 Å². The molecule has 1 aromatic carbocycles. The first-order chi connectivity index (χ1) is 9.58. The number of esters is 2. The van der Waals surface area contributed by atoms with Crippen molar-refractivity contribution < 1.29 is 23.8 Å². The van der Waals surface area contributed by atoms with Crippen LogP contribution in [0, 0.1) is 0 Å². The Balaban J connectivity index is 2.26. The van der Waals surface area contributed by atoms with Gasteiger partial charge in [0.1, 0.15) is 12.7 Å². The van der Waals surface area contributed by atoms with Crippen molar-refractivity contribution in [2.24, 2.45) is 0 Å². The highest BCUT2D eigenvalue weighted by Gasteiger charge is 2.13. The van der Waals surface area contributed by atoms with Crippen LogP contribution in [0.3, 0.4) is 0 Å². The zero-order chi connectivity index (χ0) is 14.8. The molecule has 5 heteroatoms. The van der Waals surface area contributed by atoms with E-state index in [1.807, 2.05) is 30.3 Å². The molecule has 0 saturated carbocycles. The average Bonchev–Trinajstić information content (AvgIpc) is 2.41. The molecule has 0 aliphatic carbocycles. The summed E-state index contributed by atoms with van der Waals surface area (Å²) in [5.41, 5.74) is 1.08. The Labute approximate surface area is 118 Å². The predicted octanol–water partition coefficient (Wildman–Crippen LogP) is 2.09. The monoisotopic (exact) mass is 280 g/mol. The Morgan fingerprint density at radius 2 is 1.80 bits per heavy atom. The summed E-state index contributed by atoms with van der Waals surface area (Å²) >= 11 is 0. The number of ether oxygens (including phenoxy) is 3. The van der Waals surface area contributed by atoms with E-state index in [1.54, 1.807) is 0 Å². The quantitative estimate of drug-likeness (QED) is 0.539. The summed E-state index contributed by atoms with van der Waals surface area (Å²) in [7, 11) is 0. The van der Waals surface area contributed by atoms with Crippen LogP contribution in [-0.2, 0) is 30.4 Å². The van der Waals surface area contributed by atoms with Gasteiger partial charge in [0.05, 0.1) is 13.2 Å². The van der Waals surface area contributed by atoms with Crippen LogP contribution in [-0.4, -0.2) is 31.3 Å². The van der Waals surface area contributed by atoms with Crippen molar-refractivity contribution in [3.05, 3.63) is 35.9 Å². The van der Waals surface area contributed by atoms with Gasteiger partial charge in [0, 0.05) is 20.3 Å². The lowest BCUT2D eigenvalue weighted by atomic mass is 10.2. The smallest absolute Gasteiger partial charge is 0.303 e. The third-order valence-corrected chi connectivity index (χ3v) is 2.50. The third kappa shape index (κ3) is 7.53. The number of hydrogen-bond donors (Lipinski definition) is 0. The van der Waals surface area contributed by atoms with Crippen LogP contribution in [0.4, 0.5) is 0 Å². The van der Waals surface area contributed by atoms with E-state index < -0.39 is 18.0 Å². The molecule has 0 aromatic heterocycles. The maximum atomic E-state index is 10.9. The highest BCUT2D eigenvalue weighted by Crippen LogP contribution is 2.05. The Bertz CT molecular complexity index is 416. The molecule has 1 unspecified atom stereocenters. The largest absolute Gasteiger partial charge is 0.462 e. The fourth-order valence-corrected chi connectivity index (χ4v) is 1.60. The summed E-state index contributed by atoms with van der Waals surface area (Å²) in [5.74, 6) is -0.794. The normalized spacial score (nSPS) is 11.7. The van der Waals surface area contributed by atoms with Crippen LogP contribution in [0.15, 0.2) is 30.3 Å². The zero-order valence-corrected chi connectivity index (χ0v) is 11.8. The van der Waals surface area contributed by atoms with Crippen LogP contribution in [0.2, 0.25) is 0 Å². The van der Waals surface area contributed by atoms with E-state index in [4.69, 9.17) is 14.2 Å².